The molecule has 1 aliphatic carbocycles. The van der Waals surface area contributed by atoms with Gasteiger partial charge in [-0.05, 0) is 19.3 Å². The normalized spacial score (nSPS) is 26.9. The van der Waals surface area contributed by atoms with E-state index in [2.05, 4.69) is 10.3 Å². The smallest absolute Gasteiger partial charge is 0.304 e. The summed E-state index contributed by atoms with van der Waals surface area (Å²) in [6.45, 7) is 0.639. The van der Waals surface area contributed by atoms with Crippen LogP contribution in [0.25, 0.3) is 0 Å². The molecule has 3 N–H and O–H groups in total. The van der Waals surface area contributed by atoms with Gasteiger partial charge in [0.25, 0.3) is 0 Å². The van der Waals surface area contributed by atoms with Crippen molar-refractivity contribution in [1.82, 2.24) is 10.3 Å². The zero-order chi connectivity index (χ0) is 9.97. The quantitative estimate of drug-likeness (QED) is 0.684. The van der Waals surface area contributed by atoms with Crippen molar-refractivity contribution in [3.05, 3.63) is 20.7 Å². The van der Waals surface area contributed by atoms with E-state index in [4.69, 9.17) is 0 Å². The number of nitrogens with one attached hydrogen (secondary N) is 2. The highest BCUT2D eigenvalue weighted by molar-refractivity contribution is 7.07. The fraction of sp³-hybridized carbons (Fsp3) is 0.667. The summed E-state index contributed by atoms with van der Waals surface area (Å²) < 4.78 is 0. The van der Waals surface area contributed by atoms with E-state index in [9.17, 15) is 9.90 Å². The van der Waals surface area contributed by atoms with E-state index >= 15 is 0 Å². The monoisotopic (exact) mass is 214 g/mol. The van der Waals surface area contributed by atoms with Crippen molar-refractivity contribution in [2.24, 2.45) is 0 Å². The van der Waals surface area contributed by atoms with Gasteiger partial charge in [-0.25, -0.2) is 0 Å². The minimum atomic E-state index is -0.222. The molecule has 0 spiro atoms. The molecule has 0 bridgehead atoms. The van der Waals surface area contributed by atoms with Crippen LogP contribution in [-0.2, 0) is 6.54 Å². The molecule has 78 valence electrons. The summed E-state index contributed by atoms with van der Waals surface area (Å²) in [5.74, 6) is 0. The summed E-state index contributed by atoms with van der Waals surface area (Å²) in [5.41, 5.74) is 0.902. The molecule has 2 rings (SSSR count). The molecular weight excluding hydrogens is 200 g/mol. The van der Waals surface area contributed by atoms with E-state index in [1.807, 2.05) is 5.38 Å². The summed E-state index contributed by atoms with van der Waals surface area (Å²) in [4.78, 5) is 13.6. The van der Waals surface area contributed by atoms with E-state index in [0.717, 1.165) is 25.0 Å². The first-order valence-corrected chi connectivity index (χ1v) is 5.72. The number of aliphatic hydroxyl groups is 1. The van der Waals surface area contributed by atoms with E-state index in [-0.39, 0.29) is 17.0 Å². The molecule has 0 amide bonds. The van der Waals surface area contributed by atoms with Gasteiger partial charge < -0.3 is 15.4 Å². The molecule has 0 aliphatic heterocycles. The Bertz CT molecular complexity index is 347. The predicted molar refractivity (Wildman–Crippen MR) is 55.4 cm³/mol. The van der Waals surface area contributed by atoms with Crippen LogP contribution in [0, 0.1) is 0 Å². The summed E-state index contributed by atoms with van der Waals surface area (Å²) >= 11 is 1.17. The highest BCUT2D eigenvalue weighted by Crippen LogP contribution is 2.18. The Kier molecular flexibility index (Phi) is 3.00. The molecule has 5 heteroatoms. The van der Waals surface area contributed by atoms with Crippen LogP contribution in [0.1, 0.15) is 25.0 Å². The molecule has 1 aliphatic rings. The Labute approximate surface area is 86.0 Å². The number of aromatic nitrogens is 1. The highest BCUT2D eigenvalue weighted by atomic mass is 32.1. The number of H-pyrrole nitrogens is 1. The average Bonchev–Trinajstić information content (AvgIpc) is 2.72. The first-order chi connectivity index (χ1) is 6.75. The average molecular weight is 214 g/mol. The van der Waals surface area contributed by atoms with Crippen molar-refractivity contribution < 1.29 is 5.11 Å². The molecule has 4 nitrogen and oxygen atoms in total. The molecule has 0 unspecified atom stereocenters. The zero-order valence-corrected chi connectivity index (χ0v) is 8.64. The minimum absolute atomic E-state index is 0.0197. The van der Waals surface area contributed by atoms with Gasteiger partial charge in [0.15, 0.2) is 0 Å². The van der Waals surface area contributed by atoms with Gasteiger partial charge in [0.2, 0.25) is 0 Å². The fourth-order valence-corrected chi connectivity index (χ4v) is 2.40. The molecule has 0 saturated heterocycles. The van der Waals surface area contributed by atoms with E-state index in [0.29, 0.717) is 6.54 Å². The van der Waals surface area contributed by atoms with Crippen molar-refractivity contribution in [2.45, 2.75) is 38.0 Å². The van der Waals surface area contributed by atoms with E-state index < -0.39 is 0 Å². The summed E-state index contributed by atoms with van der Waals surface area (Å²) in [6, 6.07) is 0.193. The van der Waals surface area contributed by atoms with Crippen LogP contribution < -0.4 is 10.2 Å². The number of hydrogen-bond acceptors (Lipinski definition) is 4. The molecule has 1 saturated carbocycles. The predicted octanol–water partition coefficient (Wildman–Crippen LogP) is 0.439. The largest absolute Gasteiger partial charge is 0.392 e. The second kappa shape index (κ2) is 4.25. The zero-order valence-electron chi connectivity index (χ0n) is 7.82. The van der Waals surface area contributed by atoms with Crippen molar-refractivity contribution in [3.63, 3.8) is 0 Å². The Hall–Kier alpha value is -0.650. The van der Waals surface area contributed by atoms with Crippen LogP contribution in [0.4, 0.5) is 0 Å². The van der Waals surface area contributed by atoms with Crippen LogP contribution in [0.3, 0.4) is 0 Å². The van der Waals surface area contributed by atoms with Crippen molar-refractivity contribution in [2.75, 3.05) is 0 Å². The number of thiazole rings is 1. The third kappa shape index (κ3) is 2.23. The lowest BCUT2D eigenvalue weighted by Gasteiger charge is -2.15. The first-order valence-electron chi connectivity index (χ1n) is 4.84. The Balaban J connectivity index is 1.85. The van der Waals surface area contributed by atoms with Gasteiger partial charge in [-0.3, -0.25) is 4.79 Å². The highest BCUT2D eigenvalue weighted by Gasteiger charge is 2.24. The third-order valence-corrected chi connectivity index (χ3v) is 3.32. The molecule has 0 radical (unpaired) electrons. The van der Waals surface area contributed by atoms with Crippen LogP contribution >= 0.6 is 11.3 Å². The maximum absolute atomic E-state index is 10.8. The second-order valence-electron chi connectivity index (χ2n) is 3.66. The van der Waals surface area contributed by atoms with Crippen molar-refractivity contribution in [3.8, 4) is 0 Å². The van der Waals surface area contributed by atoms with Crippen LogP contribution in [0.5, 0.6) is 0 Å². The Morgan fingerprint density at radius 3 is 3.07 bits per heavy atom. The van der Waals surface area contributed by atoms with Gasteiger partial charge >= 0.3 is 4.87 Å². The fourth-order valence-electron chi connectivity index (χ4n) is 1.82. The van der Waals surface area contributed by atoms with Gasteiger partial charge in [-0.1, -0.05) is 11.3 Å². The lowest BCUT2D eigenvalue weighted by molar-refractivity contribution is 0.148. The Morgan fingerprint density at radius 2 is 2.50 bits per heavy atom. The van der Waals surface area contributed by atoms with Gasteiger partial charge in [0, 0.05) is 23.7 Å². The standard InChI is InChI=1S/C9H14N2O2S/c12-8-3-1-2-7(8)10-4-6-5-14-9(13)11-6/h5,7-8,10,12H,1-4H2,(H,11,13)/t7-,8-/m0/s1. The number of aliphatic hydroxyl groups excluding tert-OH is 1. The molecule has 2 atom stereocenters. The lowest BCUT2D eigenvalue weighted by Crippen LogP contribution is -2.35. The molecule has 0 aromatic carbocycles. The minimum Gasteiger partial charge on any atom is -0.392 e. The number of aromatic amines is 1. The molecule has 1 aromatic rings. The Morgan fingerprint density at radius 1 is 1.64 bits per heavy atom. The molecule has 1 aromatic heterocycles. The van der Waals surface area contributed by atoms with Gasteiger partial charge in [0.05, 0.1) is 6.10 Å². The van der Waals surface area contributed by atoms with Gasteiger partial charge in [-0.15, -0.1) is 0 Å². The second-order valence-corrected chi connectivity index (χ2v) is 4.50. The molecule has 1 heterocycles. The third-order valence-electron chi connectivity index (χ3n) is 2.61. The van der Waals surface area contributed by atoms with Crippen LogP contribution in [0.15, 0.2) is 10.2 Å². The maximum Gasteiger partial charge on any atom is 0.304 e. The summed E-state index contributed by atoms with van der Waals surface area (Å²) in [6.07, 6.45) is 2.77. The van der Waals surface area contributed by atoms with Crippen molar-refractivity contribution in [1.29, 1.82) is 0 Å². The molecule has 14 heavy (non-hydrogen) atoms. The van der Waals surface area contributed by atoms with Crippen LogP contribution in [0.2, 0.25) is 0 Å². The van der Waals surface area contributed by atoms with E-state index in [1.165, 1.54) is 11.3 Å². The summed E-state index contributed by atoms with van der Waals surface area (Å²) in [5, 5.41) is 14.6. The first kappa shape index (κ1) is 9.89. The molecular formula is C9H14N2O2S. The lowest BCUT2D eigenvalue weighted by atomic mass is 10.2. The van der Waals surface area contributed by atoms with Gasteiger partial charge in [0.1, 0.15) is 0 Å². The SMILES string of the molecule is O=c1[nH]c(CN[C@H]2CCC[C@@H]2O)cs1. The van der Waals surface area contributed by atoms with Crippen LogP contribution in [-0.4, -0.2) is 22.2 Å². The topological polar surface area (TPSA) is 65.1 Å². The van der Waals surface area contributed by atoms with Gasteiger partial charge in [-0.2, -0.15) is 0 Å². The van der Waals surface area contributed by atoms with Crippen molar-refractivity contribution >= 4 is 11.3 Å². The van der Waals surface area contributed by atoms with E-state index in [1.54, 1.807) is 0 Å². The number of rotatable bonds is 3. The maximum atomic E-state index is 10.8. The molecule has 1 fully saturated rings. The summed E-state index contributed by atoms with van der Waals surface area (Å²) in [7, 11) is 0. The number of hydrogen-bond donors (Lipinski definition) is 3.